The highest BCUT2D eigenvalue weighted by Gasteiger charge is 2.15. The zero-order valence-corrected chi connectivity index (χ0v) is 12.8. The summed E-state index contributed by atoms with van der Waals surface area (Å²) in [6.45, 7) is 1.96. The monoisotopic (exact) mass is 304 g/mol. The van der Waals surface area contributed by atoms with E-state index in [-0.39, 0.29) is 24.4 Å². The lowest BCUT2D eigenvalue weighted by Gasteiger charge is -2.23. The lowest BCUT2D eigenvalue weighted by atomic mass is 10.0. The molecule has 0 spiro atoms. The van der Waals surface area contributed by atoms with Gasteiger partial charge < -0.3 is 10.6 Å². The van der Waals surface area contributed by atoms with Crippen LogP contribution < -0.4 is 10.6 Å². The molecule has 0 aliphatic carbocycles. The summed E-state index contributed by atoms with van der Waals surface area (Å²) in [6.07, 6.45) is 2.68. The fourth-order valence-electron chi connectivity index (χ4n) is 2.79. The van der Waals surface area contributed by atoms with E-state index in [0.717, 1.165) is 31.5 Å². The Morgan fingerprint density at radius 2 is 2.00 bits per heavy atom. The highest BCUT2D eigenvalue weighted by molar-refractivity contribution is 5.86. The predicted molar refractivity (Wildman–Crippen MR) is 88.9 cm³/mol. The number of rotatable bonds is 3. The molecule has 1 atom stereocenters. The number of amides is 1. The van der Waals surface area contributed by atoms with Gasteiger partial charge in [0.15, 0.2) is 0 Å². The van der Waals surface area contributed by atoms with Crippen LogP contribution in [-0.2, 0) is 11.2 Å². The largest absolute Gasteiger partial charge is 0.352 e. The van der Waals surface area contributed by atoms with Crippen molar-refractivity contribution in [3.8, 4) is 0 Å². The van der Waals surface area contributed by atoms with Crippen LogP contribution in [0.1, 0.15) is 18.4 Å². The van der Waals surface area contributed by atoms with Gasteiger partial charge in [-0.05, 0) is 35.7 Å². The lowest BCUT2D eigenvalue weighted by Crippen LogP contribution is -2.46. The first-order chi connectivity index (χ1) is 9.81. The maximum atomic E-state index is 12.1. The van der Waals surface area contributed by atoms with Crippen molar-refractivity contribution in [2.75, 3.05) is 13.1 Å². The SMILES string of the molecule is Cl.O=C(Cc1ccc2ccccc2c1)N[C@@H]1CCCNC1. The molecule has 2 aromatic rings. The second-order valence-electron chi connectivity index (χ2n) is 5.47. The van der Waals surface area contributed by atoms with Gasteiger partial charge in [0.05, 0.1) is 6.42 Å². The summed E-state index contributed by atoms with van der Waals surface area (Å²) in [4.78, 5) is 12.1. The molecular weight excluding hydrogens is 284 g/mol. The van der Waals surface area contributed by atoms with E-state index in [1.165, 1.54) is 10.8 Å². The average Bonchev–Trinajstić information content (AvgIpc) is 2.48. The van der Waals surface area contributed by atoms with E-state index in [1.54, 1.807) is 0 Å². The maximum Gasteiger partial charge on any atom is 0.224 e. The summed E-state index contributed by atoms with van der Waals surface area (Å²) in [6, 6.07) is 14.8. The quantitative estimate of drug-likeness (QED) is 0.915. The lowest BCUT2D eigenvalue weighted by molar-refractivity contribution is -0.121. The topological polar surface area (TPSA) is 41.1 Å². The molecule has 0 radical (unpaired) electrons. The third-order valence-electron chi connectivity index (χ3n) is 3.84. The van der Waals surface area contributed by atoms with E-state index in [1.807, 2.05) is 18.2 Å². The van der Waals surface area contributed by atoms with Crippen molar-refractivity contribution < 1.29 is 4.79 Å². The first kappa shape index (κ1) is 15.8. The standard InChI is InChI=1S/C17H20N2O.ClH/c20-17(19-16-6-3-9-18-12-16)11-13-7-8-14-4-1-2-5-15(14)10-13;/h1-2,4-5,7-8,10,16,18H,3,6,9,11-12H2,(H,19,20);1H/t16-;/m1./s1. The van der Waals surface area contributed by atoms with Crippen molar-refractivity contribution in [2.45, 2.75) is 25.3 Å². The Morgan fingerprint density at radius 3 is 2.76 bits per heavy atom. The molecule has 1 aliphatic rings. The molecule has 1 saturated heterocycles. The first-order valence-corrected chi connectivity index (χ1v) is 7.29. The van der Waals surface area contributed by atoms with Crippen molar-refractivity contribution in [3.05, 3.63) is 48.0 Å². The fraction of sp³-hybridized carbons (Fsp3) is 0.353. The third-order valence-corrected chi connectivity index (χ3v) is 3.84. The Morgan fingerprint density at radius 1 is 1.19 bits per heavy atom. The van der Waals surface area contributed by atoms with Gasteiger partial charge in [0.1, 0.15) is 0 Å². The van der Waals surface area contributed by atoms with Crippen LogP contribution >= 0.6 is 12.4 Å². The molecule has 3 rings (SSSR count). The molecule has 2 aromatic carbocycles. The summed E-state index contributed by atoms with van der Waals surface area (Å²) in [5.41, 5.74) is 1.07. The molecule has 0 saturated carbocycles. The van der Waals surface area contributed by atoms with E-state index < -0.39 is 0 Å². The average molecular weight is 305 g/mol. The number of piperidine rings is 1. The van der Waals surface area contributed by atoms with Gasteiger partial charge in [-0.1, -0.05) is 42.5 Å². The Balaban J connectivity index is 0.00000161. The zero-order chi connectivity index (χ0) is 13.8. The van der Waals surface area contributed by atoms with E-state index in [2.05, 4.69) is 34.9 Å². The number of carbonyl (C=O) groups excluding carboxylic acids is 1. The number of hydrogen-bond donors (Lipinski definition) is 2. The molecule has 1 amide bonds. The smallest absolute Gasteiger partial charge is 0.224 e. The Bertz CT molecular complexity index is 609. The molecule has 4 heteroatoms. The molecule has 1 heterocycles. The maximum absolute atomic E-state index is 12.1. The number of fused-ring (bicyclic) bond motifs is 1. The van der Waals surface area contributed by atoms with Crippen molar-refractivity contribution in [2.24, 2.45) is 0 Å². The summed E-state index contributed by atoms with van der Waals surface area (Å²) in [5.74, 6) is 0.119. The number of halogens is 1. The van der Waals surface area contributed by atoms with Gasteiger partial charge in [0.25, 0.3) is 0 Å². The first-order valence-electron chi connectivity index (χ1n) is 7.29. The van der Waals surface area contributed by atoms with Crippen LogP contribution in [0.5, 0.6) is 0 Å². The van der Waals surface area contributed by atoms with E-state index in [4.69, 9.17) is 0 Å². The highest BCUT2D eigenvalue weighted by Crippen LogP contribution is 2.16. The Kier molecular flexibility index (Phi) is 5.59. The van der Waals surface area contributed by atoms with Crippen LogP contribution in [0.15, 0.2) is 42.5 Å². The van der Waals surface area contributed by atoms with Crippen LogP contribution in [0.3, 0.4) is 0 Å². The molecule has 3 nitrogen and oxygen atoms in total. The zero-order valence-electron chi connectivity index (χ0n) is 12.0. The summed E-state index contributed by atoms with van der Waals surface area (Å²) >= 11 is 0. The summed E-state index contributed by atoms with van der Waals surface area (Å²) in [7, 11) is 0. The Hall–Kier alpha value is -1.58. The van der Waals surface area contributed by atoms with E-state index >= 15 is 0 Å². The molecule has 21 heavy (non-hydrogen) atoms. The number of carbonyl (C=O) groups is 1. The summed E-state index contributed by atoms with van der Waals surface area (Å²) < 4.78 is 0. The van der Waals surface area contributed by atoms with Gasteiger partial charge in [0.2, 0.25) is 5.91 Å². The van der Waals surface area contributed by atoms with Gasteiger partial charge in [-0.2, -0.15) is 0 Å². The minimum Gasteiger partial charge on any atom is -0.352 e. The van der Waals surface area contributed by atoms with Crippen molar-refractivity contribution in [1.82, 2.24) is 10.6 Å². The van der Waals surface area contributed by atoms with Crippen LogP contribution in [0, 0.1) is 0 Å². The number of nitrogens with one attached hydrogen (secondary N) is 2. The normalized spacial score (nSPS) is 18.0. The highest BCUT2D eigenvalue weighted by atomic mass is 35.5. The molecule has 1 aliphatic heterocycles. The van der Waals surface area contributed by atoms with Crippen molar-refractivity contribution >= 4 is 29.1 Å². The molecule has 0 unspecified atom stereocenters. The van der Waals surface area contributed by atoms with Crippen LogP contribution in [0.25, 0.3) is 10.8 Å². The van der Waals surface area contributed by atoms with Crippen LogP contribution in [0.4, 0.5) is 0 Å². The van der Waals surface area contributed by atoms with Crippen LogP contribution in [0.2, 0.25) is 0 Å². The second kappa shape index (κ2) is 7.43. The van der Waals surface area contributed by atoms with Gasteiger partial charge in [-0.15, -0.1) is 12.4 Å². The summed E-state index contributed by atoms with van der Waals surface area (Å²) in [5, 5.41) is 8.84. The minimum absolute atomic E-state index is 0. The minimum atomic E-state index is 0. The number of hydrogen-bond acceptors (Lipinski definition) is 2. The van der Waals surface area contributed by atoms with Gasteiger partial charge in [-0.25, -0.2) is 0 Å². The third kappa shape index (κ3) is 4.19. The Labute approximate surface area is 131 Å². The predicted octanol–water partition coefficient (Wildman–Crippen LogP) is 2.67. The second-order valence-corrected chi connectivity index (χ2v) is 5.47. The molecular formula is C17H21ClN2O. The number of benzene rings is 2. The molecule has 1 fully saturated rings. The van der Waals surface area contributed by atoms with Crippen molar-refractivity contribution in [3.63, 3.8) is 0 Å². The molecule has 0 aromatic heterocycles. The van der Waals surface area contributed by atoms with E-state index in [0.29, 0.717) is 6.42 Å². The van der Waals surface area contributed by atoms with Gasteiger partial charge in [-0.3, -0.25) is 4.79 Å². The molecule has 2 N–H and O–H groups in total. The molecule has 112 valence electrons. The fourth-order valence-corrected chi connectivity index (χ4v) is 2.79. The van der Waals surface area contributed by atoms with Crippen molar-refractivity contribution in [1.29, 1.82) is 0 Å². The van der Waals surface area contributed by atoms with Gasteiger partial charge >= 0.3 is 0 Å². The van der Waals surface area contributed by atoms with E-state index in [9.17, 15) is 4.79 Å². The molecule has 0 bridgehead atoms. The van der Waals surface area contributed by atoms with Gasteiger partial charge in [0, 0.05) is 12.6 Å². The van der Waals surface area contributed by atoms with Crippen LogP contribution in [-0.4, -0.2) is 25.0 Å².